The Bertz CT molecular complexity index is 206. The molecule has 0 radical (unpaired) electrons. The Labute approximate surface area is 121 Å². The highest BCUT2D eigenvalue weighted by Gasteiger charge is 2.03. The van der Waals surface area contributed by atoms with Crippen LogP contribution in [0.3, 0.4) is 0 Å². The fraction of sp³-hybridized carbons (Fsp3) is 0.714. The summed E-state index contributed by atoms with van der Waals surface area (Å²) in [4.78, 5) is 0. The van der Waals surface area contributed by atoms with Gasteiger partial charge in [0.25, 0.3) is 0 Å². The standard InChI is InChI=1S/2C7H14O3/c1-3-4-10-6-7(8)5-9-2;1-3-4-10-6-7(5-8)9-2/h2*3,7-8H,1,4-6H2,2H3. The van der Waals surface area contributed by atoms with Crippen LogP contribution in [0.5, 0.6) is 0 Å². The van der Waals surface area contributed by atoms with Crippen molar-refractivity contribution < 1.29 is 29.2 Å². The van der Waals surface area contributed by atoms with Gasteiger partial charge in [0.15, 0.2) is 0 Å². The normalized spacial score (nSPS) is 13.0. The molecule has 0 aromatic carbocycles. The molecule has 0 aromatic rings. The largest absolute Gasteiger partial charge is 0.394 e. The minimum Gasteiger partial charge on any atom is -0.394 e. The molecule has 2 unspecified atom stereocenters. The van der Waals surface area contributed by atoms with Gasteiger partial charge in [0.2, 0.25) is 0 Å². The summed E-state index contributed by atoms with van der Waals surface area (Å²) in [7, 11) is 3.08. The summed E-state index contributed by atoms with van der Waals surface area (Å²) in [6.45, 7) is 8.95. The zero-order chi connectivity index (χ0) is 15.6. The third kappa shape index (κ3) is 17.2. The summed E-state index contributed by atoms with van der Waals surface area (Å²) in [5, 5.41) is 17.6. The first-order valence-corrected chi connectivity index (χ1v) is 6.34. The van der Waals surface area contributed by atoms with Gasteiger partial charge in [-0.15, -0.1) is 13.2 Å². The van der Waals surface area contributed by atoms with Crippen molar-refractivity contribution in [3.05, 3.63) is 25.3 Å². The van der Waals surface area contributed by atoms with Crippen LogP contribution in [-0.4, -0.2) is 76.3 Å². The van der Waals surface area contributed by atoms with E-state index in [0.29, 0.717) is 33.0 Å². The summed E-state index contributed by atoms with van der Waals surface area (Å²) in [6, 6.07) is 0. The lowest BCUT2D eigenvalue weighted by molar-refractivity contribution is -0.0132. The molecule has 0 saturated carbocycles. The Kier molecular flexibility index (Phi) is 19.6. The van der Waals surface area contributed by atoms with Gasteiger partial charge in [0.05, 0.1) is 39.6 Å². The number of hydrogen-bond donors (Lipinski definition) is 2. The van der Waals surface area contributed by atoms with Crippen LogP contribution in [-0.2, 0) is 18.9 Å². The van der Waals surface area contributed by atoms with E-state index in [1.54, 1.807) is 12.2 Å². The van der Waals surface area contributed by atoms with Gasteiger partial charge >= 0.3 is 0 Å². The number of aliphatic hydroxyl groups is 2. The molecule has 6 heteroatoms. The Morgan fingerprint density at radius 2 is 1.55 bits per heavy atom. The molecule has 0 aliphatic rings. The highest BCUT2D eigenvalue weighted by atomic mass is 16.5. The van der Waals surface area contributed by atoms with Crippen molar-refractivity contribution in [3.63, 3.8) is 0 Å². The number of rotatable bonds is 12. The molecule has 0 aliphatic carbocycles. The van der Waals surface area contributed by atoms with Crippen LogP contribution in [0.15, 0.2) is 25.3 Å². The maximum atomic E-state index is 8.99. The fourth-order valence-electron chi connectivity index (χ4n) is 1.01. The van der Waals surface area contributed by atoms with Crippen LogP contribution in [0.1, 0.15) is 0 Å². The van der Waals surface area contributed by atoms with E-state index < -0.39 is 6.10 Å². The van der Waals surface area contributed by atoms with E-state index in [0.717, 1.165) is 0 Å². The van der Waals surface area contributed by atoms with Crippen molar-refractivity contribution in [3.8, 4) is 0 Å². The van der Waals surface area contributed by atoms with Crippen molar-refractivity contribution in [2.45, 2.75) is 12.2 Å². The number of aliphatic hydroxyl groups excluding tert-OH is 2. The van der Waals surface area contributed by atoms with Crippen LogP contribution < -0.4 is 0 Å². The van der Waals surface area contributed by atoms with Crippen molar-refractivity contribution in [1.82, 2.24) is 0 Å². The lowest BCUT2D eigenvalue weighted by Crippen LogP contribution is -2.22. The van der Waals surface area contributed by atoms with E-state index >= 15 is 0 Å². The summed E-state index contributed by atoms with van der Waals surface area (Å²) in [6.07, 6.45) is 2.56. The van der Waals surface area contributed by atoms with Crippen molar-refractivity contribution >= 4 is 0 Å². The maximum absolute atomic E-state index is 8.99. The molecule has 0 amide bonds. The van der Waals surface area contributed by atoms with Gasteiger partial charge in [-0.2, -0.15) is 0 Å². The molecule has 0 rings (SSSR count). The van der Waals surface area contributed by atoms with Gasteiger partial charge in [0.1, 0.15) is 12.2 Å². The minimum atomic E-state index is -0.523. The number of hydrogen-bond acceptors (Lipinski definition) is 6. The Balaban J connectivity index is 0. The molecule has 2 N–H and O–H groups in total. The number of ether oxygens (including phenoxy) is 4. The molecule has 20 heavy (non-hydrogen) atoms. The third-order valence-corrected chi connectivity index (χ3v) is 1.98. The number of methoxy groups -OCH3 is 2. The van der Waals surface area contributed by atoms with Gasteiger partial charge in [-0.1, -0.05) is 12.2 Å². The van der Waals surface area contributed by atoms with Crippen LogP contribution in [0.25, 0.3) is 0 Å². The highest BCUT2D eigenvalue weighted by molar-refractivity contribution is 4.65. The molecule has 2 atom stereocenters. The molecule has 0 spiro atoms. The maximum Gasteiger partial charge on any atom is 0.103 e. The molecule has 120 valence electrons. The summed E-state index contributed by atoms with van der Waals surface area (Å²) in [5.74, 6) is 0. The molecule has 0 heterocycles. The predicted octanol–water partition coefficient (Wildman–Crippen LogP) is 0.393. The highest BCUT2D eigenvalue weighted by Crippen LogP contribution is 1.89. The van der Waals surface area contributed by atoms with E-state index in [4.69, 9.17) is 24.4 Å². The van der Waals surface area contributed by atoms with Crippen molar-refractivity contribution in [1.29, 1.82) is 0 Å². The van der Waals surface area contributed by atoms with Gasteiger partial charge in [-0.25, -0.2) is 0 Å². The SMILES string of the molecule is C=CCOCC(CO)OC.C=CCOCC(O)COC. The van der Waals surface area contributed by atoms with Gasteiger partial charge in [-0.3, -0.25) is 0 Å². The predicted molar refractivity (Wildman–Crippen MR) is 77.8 cm³/mol. The second-order valence-electron chi connectivity index (χ2n) is 3.80. The molecular formula is C14H28O6. The second-order valence-corrected chi connectivity index (χ2v) is 3.80. The zero-order valence-corrected chi connectivity index (χ0v) is 12.5. The van der Waals surface area contributed by atoms with Crippen molar-refractivity contribution in [2.24, 2.45) is 0 Å². The first-order chi connectivity index (χ1) is 9.65. The van der Waals surface area contributed by atoms with E-state index in [9.17, 15) is 0 Å². The second kappa shape index (κ2) is 18.2. The molecule has 6 nitrogen and oxygen atoms in total. The summed E-state index contributed by atoms with van der Waals surface area (Å²) < 4.78 is 19.5. The molecule has 0 fully saturated rings. The lowest BCUT2D eigenvalue weighted by Gasteiger charge is -2.10. The zero-order valence-electron chi connectivity index (χ0n) is 12.5. The average molecular weight is 292 g/mol. The average Bonchev–Trinajstić information content (AvgIpc) is 2.45. The molecule has 0 aromatic heterocycles. The van der Waals surface area contributed by atoms with Crippen LogP contribution in [0, 0.1) is 0 Å². The fourth-order valence-corrected chi connectivity index (χ4v) is 1.01. The third-order valence-electron chi connectivity index (χ3n) is 1.98. The van der Waals surface area contributed by atoms with E-state index in [2.05, 4.69) is 17.9 Å². The Hall–Kier alpha value is -0.760. The Morgan fingerprint density at radius 1 is 1.00 bits per heavy atom. The quantitative estimate of drug-likeness (QED) is 0.400. The first-order valence-electron chi connectivity index (χ1n) is 6.34. The van der Waals surface area contributed by atoms with E-state index in [1.165, 1.54) is 14.2 Å². The molecular weight excluding hydrogens is 264 g/mol. The van der Waals surface area contributed by atoms with Crippen LogP contribution >= 0.6 is 0 Å². The Morgan fingerprint density at radius 3 is 1.95 bits per heavy atom. The van der Waals surface area contributed by atoms with Crippen LogP contribution in [0.2, 0.25) is 0 Å². The summed E-state index contributed by atoms with van der Waals surface area (Å²) in [5.41, 5.74) is 0. The molecule has 0 saturated heterocycles. The topological polar surface area (TPSA) is 77.4 Å². The van der Waals surface area contributed by atoms with Gasteiger partial charge in [0, 0.05) is 14.2 Å². The van der Waals surface area contributed by atoms with E-state index in [1.807, 2.05) is 0 Å². The lowest BCUT2D eigenvalue weighted by atomic mass is 10.4. The first kappa shape index (κ1) is 21.5. The van der Waals surface area contributed by atoms with Gasteiger partial charge in [-0.05, 0) is 0 Å². The van der Waals surface area contributed by atoms with E-state index in [-0.39, 0.29) is 12.7 Å². The van der Waals surface area contributed by atoms with Crippen molar-refractivity contribution in [2.75, 3.05) is 53.9 Å². The monoisotopic (exact) mass is 292 g/mol. The minimum absolute atomic E-state index is 0.00631. The molecule has 0 bridgehead atoms. The van der Waals surface area contributed by atoms with Crippen LogP contribution in [0.4, 0.5) is 0 Å². The smallest absolute Gasteiger partial charge is 0.103 e. The summed E-state index contributed by atoms with van der Waals surface area (Å²) >= 11 is 0. The molecule has 0 aliphatic heterocycles. The van der Waals surface area contributed by atoms with Gasteiger partial charge < -0.3 is 29.2 Å².